The minimum Gasteiger partial charge on any atom is -0.493 e. The van der Waals surface area contributed by atoms with Gasteiger partial charge in [0.05, 0.1) is 32.4 Å². The molecule has 2 aromatic rings. The van der Waals surface area contributed by atoms with Crippen molar-refractivity contribution in [2.75, 3.05) is 47.1 Å². The molecule has 2 heterocycles. The number of nitrogens with one attached hydrogen (secondary N) is 1. The smallest absolute Gasteiger partial charge is 0.161 e. The van der Waals surface area contributed by atoms with Crippen molar-refractivity contribution in [3.8, 4) is 11.5 Å². The van der Waals surface area contributed by atoms with Gasteiger partial charge < -0.3 is 19.5 Å². The van der Waals surface area contributed by atoms with Gasteiger partial charge in [0, 0.05) is 43.3 Å². The topological polar surface area (TPSA) is 55.9 Å². The predicted molar refractivity (Wildman–Crippen MR) is 103 cm³/mol. The Labute approximate surface area is 159 Å². The van der Waals surface area contributed by atoms with Gasteiger partial charge in [-0.2, -0.15) is 0 Å². The van der Waals surface area contributed by atoms with Gasteiger partial charge in [-0.05, 0) is 24.6 Å². The maximum atomic E-state index is 5.53. The first-order chi connectivity index (χ1) is 12.7. The highest BCUT2D eigenvalue weighted by Crippen LogP contribution is 2.32. The molecule has 7 heteroatoms. The van der Waals surface area contributed by atoms with Crippen molar-refractivity contribution in [2.24, 2.45) is 0 Å². The maximum Gasteiger partial charge on any atom is 0.161 e. The summed E-state index contributed by atoms with van der Waals surface area (Å²) < 4.78 is 16.4. The number of thiazole rings is 1. The zero-order chi connectivity index (χ0) is 18.4. The fourth-order valence-electron chi connectivity index (χ4n) is 3.23. The lowest BCUT2D eigenvalue weighted by molar-refractivity contribution is 0.0160. The molecule has 1 aromatic carbocycles. The Kier molecular flexibility index (Phi) is 6.85. The van der Waals surface area contributed by atoms with Gasteiger partial charge in [-0.15, -0.1) is 11.3 Å². The number of morpholine rings is 1. The first kappa shape index (κ1) is 19.1. The van der Waals surface area contributed by atoms with Crippen LogP contribution in [0, 0.1) is 6.92 Å². The van der Waals surface area contributed by atoms with Gasteiger partial charge in [0.25, 0.3) is 0 Å². The van der Waals surface area contributed by atoms with E-state index < -0.39 is 0 Å². The third-order valence-corrected chi connectivity index (χ3v) is 5.50. The van der Waals surface area contributed by atoms with Crippen LogP contribution in [0.1, 0.15) is 21.5 Å². The van der Waals surface area contributed by atoms with E-state index in [-0.39, 0.29) is 6.04 Å². The molecule has 3 rings (SSSR count). The van der Waals surface area contributed by atoms with Crippen molar-refractivity contribution in [1.82, 2.24) is 15.2 Å². The van der Waals surface area contributed by atoms with Gasteiger partial charge in [-0.1, -0.05) is 6.07 Å². The summed E-state index contributed by atoms with van der Waals surface area (Å²) in [6.45, 7) is 7.14. The average Bonchev–Trinajstić information content (AvgIpc) is 3.10. The van der Waals surface area contributed by atoms with Crippen molar-refractivity contribution in [3.05, 3.63) is 39.8 Å². The van der Waals surface area contributed by atoms with Gasteiger partial charge in [0.1, 0.15) is 0 Å². The van der Waals surface area contributed by atoms with Crippen LogP contribution in [-0.2, 0) is 11.3 Å². The summed E-state index contributed by atoms with van der Waals surface area (Å²) in [6, 6.07) is 6.44. The van der Waals surface area contributed by atoms with Crippen molar-refractivity contribution in [2.45, 2.75) is 19.5 Å². The summed E-state index contributed by atoms with van der Waals surface area (Å²) in [5.74, 6) is 1.52. The van der Waals surface area contributed by atoms with Crippen molar-refractivity contribution in [1.29, 1.82) is 0 Å². The number of ether oxygens (including phenoxy) is 3. The Bertz CT molecular complexity index is 701. The van der Waals surface area contributed by atoms with Crippen LogP contribution < -0.4 is 14.8 Å². The molecule has 0 aliphatic carbocycles. The summed E-state index contributed by atoms with van der Waals surface area (Å²) in [4.78, 5) is 8.05. The first-order valence-electron chi connectivity index (χ1n) is 8.87. The van der Waals surface area contributed by atoms with Gasteiger partial charge in [0.2, 0.25) is 0 Å². The number of aryl methyl sites for hydroxylation is 1. The van der Waals surface area contributed by atoms with Crippen LogP contribution in [-0.4, -0.2) is 57.0 Å². The lowest BCUT2D eigenvalue weighted by Crippen LogP contribution is -2.42. The normalized spacial score (nSPS) is 16.4. The molecule has 1 aliphatic rings. The average molecular weight is 378 g/mol. The molecule has 1 saturated heterocycles. The summed E-state index contributed by atoms with van der Waals surface area (Å²) >= 11 is 1.74. The van der Waals surface area contributed by atoms with Crippen molar-refractivity contribution >= 4 is 11.3 Å². The molecule has 0 radical (unpaired) electrons. The van der Waals surface area contributed by atoms with E-state index in [4.69, 9.17) is 14.2 Å². The number of benzene rings is 1. The fourth-order valence-corrected chi connectivity index (χ4v) is 3.99. The molecule has 0 saturated carbocycles. The number of nitrogens with zero attached hydrogens (tertiary/aromatic N) is 2. The van der Waals surface area contributed by atoms with Crippen LogP contribution in [0.5, 0.6) is 11.5 Å². The molecule has 1 aliphatic heterocycles. The number of methoxy groups -OCH3 is 2. The number of rotatable bonds is 8. The SMILES string of the molecule is COc1ccc(C(CNCc2cnc(C)s2)N2CCOCC2)cc1OC. The summed E-state index contributed by atoms with van der Waals surface area (Å²) in [6.07, 6.45) is 1.95. The molecule has 0 bridgehead atoms. The monoisotopic (exact) mass is 377 g/mol. The lowest BCUT2D eigenvalue weighted by Gasteiger charge is -2.35. The van der Waals surface area contributed by atoms with Gasteiger partial charge in [-0.3, -0.25) is 4.90 Å². The van der Waals surface area contributed by atoms with Crippen LogP contribution in [0.15, 0.2) is 24.4 Å². The minimum absolute atomic E-state index is 0.257. The second-order valence-electron chi connectivity index (χ2n) is 6.26. The zero-order valence-electron chi connectivity index (χ0n) is 15.7. The Hall–Kier alpha value is -1.67. The van der Waals surface area contributed by atoms with Crippen molar-refractivity contribution in [3.63, 3.8) is 0 Å². The van der Waals surface area contributed by atoms with E-state index in [0.29, 0.717) is 0 Å². The predicted octanol–water partition coefficient (Wildman–Crippen LogP) is 2.63. The second-order valence-corrected chi connectivity index (χ2v) is 7.57. The van der Waals surface area contributed by atoms with Crippen LogP contribution >= 0.6 is 11.3 Å². The Morgan fingerprint density at radius 2 is 2.00 bits per heavy atom. The second kappa shape index (κ2) is 9.32. The molecule has 6 nitrogen and oxygen atoms in total. The molecule has 1 unspecified atom stereocenters. The standard InChI is InChI=1S/C19H27N3O3S/c1-14-21-12-16(26-14)11-20-13-17(22-6-8-25-9-7-22)15-4-5-18(23-2)19(10-15)24-3/h4-5,10,12,17,20H,6-9,11,13H2,1-3H3. The molecule has 1 atom stereocenters. The van der Waals surface area contributed by atoms with E-state index in [1.165, 1.54) is 10.4 Å². The molecular weight excluding hydrogens is 350 g/mol. The minimum atomic E-state index is 0.257. The summed E-state index contributed by atoms with van der Waals surface area (Å²) in [7, 11) is 3.34. The summed E-state index contributed by atoms with van der Waals surface area (Å²) in [5, 5.41) is 4.70. The zero-order valence-corrected chi connectivity index (χ0v) is 16.5. The largest absolute Gasteiger partial charge is 0.493 e. The van der Waals surface area contributed by atoms with Crippen molar-refractivity contribution < 1.29 is 14.2 Å². The van der Waals surface area contributed by atoms with Crippen LogP contribution in [0.4, 0.5) is 0 Å². The third-order valence-electron chi connectivity index (χ3n) is 4.58. The van der Waals surface area contributed by atoms with E-state index in [1.807, 2.05) is 19.2 Å². The molecule has 1 fully saturated rings. The molecule has 142 valence electrons. The Morgan fingerprint density at radius 1 is 1.23 bits per heavy atom. The summed E-state index contributed by atoms with van der Waals surface area (Å²) in [5.41, 5.74) is 1.22. The lowest BCUT2D eigenvalue weighted by atomic mass is 10.0. The third kappa shape index (κ3) is 4.73. The highest BCUT2D eigenvalue weighted by atomic mass is 32.1. The highest BCUT2D eigenvalue weighted by molar-refractivity contribution is 7.11. The fraction of sp³-hybridized carbons (Fsp3) is 0.526. The maximum absolute atomic E-state index is 5.53. The van der Waals surface area contributed by atoms with E-state index in [1.54, 1.807) is 25.6 Å². The van der Waals surface area contributed by atoms with Gasteiger partial charge in [0.15, 0.2) is 11.5 Å². The Morgan fingerprint density at radius 3 is 2.65 bits per heavy atom. The molecule has 26 heavy (non-hydrogen) atoms. The van der Waals surface area contributed by atoms with Crippen LogP contribution in [0.3, 0.4) is 0 Å². The highest BCUT2D eigenvalue weighted by Gasteiger charge is 2.23. The molecule has 1 N–H and O–H groups in total. The molecular formula is C19H27N3O3S. The van der Waals surface area contributed by atoms with Crippen LogP contribution in [0.2, 0.25) is 0 Å². The van der Waals surface area contributed by atoms with E-state index in [9.17, 15) is 0 Å². The van der Waals surface area contributed by atoms with E-state index >= 15 is 0 Å². The van der Waals surface area contributed by atoms with Gasteiger partial charge in [-0.25, -0.2) is 4.98 Å². The van der Waals surface area contributed by atoms with E-state index in [2.05, 4.69) is 27.3 Å². The molecule has 0 amide bonds. The molecule has 1 aromatic heterocycles. The first-order valence-corrected chi connectivity index (χ1v) is 9.68. The van der Waals surface area contributed by atoms with Crippen LogP contribution in [0.25, 0.3) is 0 Å². The van der Waals surface area contributed by atoms with E-state index in [0.717, 1.165) is 55.9 Å². The molecule has 0 spiro atoms. The number of hydrogen-bond donors (Lipinski definition) is 1. The number of aromatic nitrogens is 1. The van der Waals surface area contributed by atoms with Gasteiger partial charge >= 0.3 is 0 Å². The Balaban J connectivity index is 1.74. The quantitative estimate of drug-likeness (QED) is 0.763. The number of hydrogen-bond acceptors (Lipinski definition) is 7.